The number of halogens is 1. The Hall–Kier alpha value is -3.61. The number of ether oxygens (including phenoxy) is 2. The van der Waals surface area contributed by atoms with Crippen LogP contribution >= 0.6 is 0 Å². The number of phenols is 1. The summed E-state index contributed by atoms with van der Waals surface area (Å²) in [6, 6.07) is 13.5. The summed E-state index contributed by atoms with van der Waals surface area (Å²) in [5, 5.41) is 12.6. The number of rotatable bonds is 6. The molecule has 2 aromatic carbocycles. The van der Waals surface area contributed by atoms with Gasteiger partial charge in [-0.05, 0) is 42.0 Å². The molecule has 1 amide bonds. The van der Waals surface area contributed by atoms with Gasteiger partial charge in [0.15, 0.2) is 0 Å². The fourth-order valence-electron chi connectivity index (χ4n) is 2.31. The van der Waals surface area contributed by atoms with Gasteiger partial charge in [-0.3, -0.25) is 4.79 Å². The molecule has 0 spiro atoms. The van der Waals surface area contributed by atoms with Gasteiger partial charge >= 0.3 is 0 Å². The molecule has 2 N–H and O–H groups in total. The van der Waals surface area contributed by atoms with Gasteiger partial charge in [0.25, 0.3) is 5.91 Å². The van der Waals surface area contributed by atoms with E-state index in [4.69, 9.17) is 9.47 Å². The van der Waals surface area contributed by atoms with Crippen LogP contribution in [0.1, 0.15) is 15.9 Å². The van der Waals surface area contributed by atoms with Crippen molar-refractivity contribution >= 4 is 5.91 Å². The van der Waals surface area contributed by atoms with Crippen molar-refractivity contribution in [2.45, 2.75) is 6.54 Å². The molecule has 0 radical (unpaired) electrons. The van der Waals surface area contributed by atoms with Crippen LogP contribution in [0.2, 0.25) is 0 Å². The van der Waals surface area contributed by atoms with Crippen LogP contribution in [0.4, 0.5) is 4.39 Å². The number of aromatic hydroxyl groups is 1. The van der Waals surface area contributed by atoms with E-state index in [2.05, 4.69) is 10.3 Å². The Morgan fingerprint density at radius 3 is 2.48 bits per heavy atom. The molecule has 7 heteroatoms. The van der Waals surface area contributed by atoms with Crippen LogP contribution in [0.5, 0.6) is 23.1 Å². The number of phenolic OH excluding ortho intramolecular Hbond substituents is 1. The molecule has 0 unspecified atom stereocenters. The van der Waals surface area contributed by atoms with Crippen molar-refractivity contribution in [2.75, 3.05) is 7.11 Å². The van der Waals surface area contributed by atoms with Gasteiger partial charge in [0.05, 0.1) is 12.7 Å². The maximum Gasteiger partial charge on any atom is 0.255 e. The number of carbonyl (C=O) groups excluding carboxylic acids is 1. The predicted molar refractivity (Wildman–Crippen MR) is 96.5 cm³/mol. The maximum atomic E-state index is 12.9. The number of carbonyl (C=O) groups is 1. The Labute approximate surface area is 155 Å². The molecule has 3 rings (SSSR count). The van der Waals surface area contributed by atoms with Crippen LogP contribution in [-0.4, -0.2) is 23.1 Å². The number of benzene rings is 2. The molecule has 0 bridgehead atoms. The highest BCUT2D eigenvalue weighted by atomic mass is 19.1. The molecule has 0 saturated carbocycles. The number of nitrogens with zero attached hydrogens (tertiary/aromatic N) is 1. The molecule has 0 aliphatic rings. The van der Waals surface area contributed by atoms with E-state index in [9.17, 15) is 14.3 Å². The third-order valence-corrected chi connectivity index (χ3v) is 3.74. The molecule has 0 aliphatic carbocycles. The highest BCUT2D eigenvalue weighted by Crippen LogP contribution is 2.23. The SMILES string of the molecule is COc1ccc(C(=O)NCc2ccc(Oc3ccc(F)cc3)nc2)c(O)c1. The first kappa shape index (κ1) is 18.2. The first-order valence-electron chi connectivity index (χ1n) is 8.09. The van der Waals surface area contributed by atoms with Crippen molar-refractivity contribution in [1.29, 1.82) is 0 Å². The second-order valence-corrected chi connectivity index (χ2v) is 5.63. The predicted octanol–water partition coefficient (Wildman–Crippen LogP) is 3.66. The van der Waals surface area contributed by atoms with Gasteiger partial charge < -0.3 is 19.9 Å². The molecule has 6 nitrogen and oxygen atoms in total. The average Bonchev–Trinajstić information content (AvgIpc) is 2.69. The standard InChI is InChI=1S/C20H17FN2O4/c1-26-16-7-8-17(18(24)10-16)20(25)23-12-13-2-9-19(22-11-13)27-15-5-3-14(21)4-6-15/h2-11,24H,12H2,1H3,(H,23,25). The number of pyridine rings is 1. The molecule has 138 valence electrons. The van der Waals surface area contributed by atoms with Gasteiger partial charge in [0.1, 0.15) is 23.1 Å². The zero-order valence-electron chi connectivity index (χ0n) is 14.5. The molecule has 0 atom stereocenters. The topological polar surface area (TPSA) is 80.7 Å². The third kappa shape index (κ3) is 4.72. The minimum atomic E-state index is -0.415. The van der Waals surface area contributed by atoms with Crippen LogP contribution in [-0.2, 0) is 6.54 Å². The van der Waals surface area contributed by atoms with Crippen molar-refractivity contribution < 1.29 is 23.8 Å². The van der Waals surface area contributed by atoms with Crippen molar-refractivity contribution in [3.63, 3.8) is 0 Å². The van der Waals surface area contributed by atoms with Crippen molar-refractivity contribution in [3.05, 3.63) is 77.7 Å². The van der Waals surface area contributed by atoms with E-state index in [0.717, 1.165) is 5.56 Å². The van der Waals surface area contributed by atoms with Gasteiger partial charge in [0, 0.05) is 24.9 Å². The molecule has 0 saturated heterocycles. The van der Waals surface area contributed by atoms with Gasteiger partial charge in [-0.15, -0.1) is 0 Å². The summed E-state index contributed by atoms with van der Waals surface area (Å²) in [6.45, 7) is 0.230. The van der Waals surface area contributed by atoms with Crippen molar-refractivity contribution in [2.24, 2.45) is 0 Å². The van der Waals surface area contributed by atoms with E-state index in [1.54, 1.807) is 24.4 Å². The molecule has 1 aromatic heterocycles. The number of amides is 1. The zero-order chi connectivity index (χ0) is 19.2. The smallest absolute Gasteiger partial charge is 0.255 e. The summed E-state index contributed by atoms with van der Waals surface area (Å²) in [5.41, 5.74) is 0.905. The summed E-state index contributed by atoms with van der Waals surface area (Å²) >= 11 is 0. The molecular weight excluding hydrogens is 351 g/mol. The summed E-state index contributed by atoms with van der Waals surface area (Å²) in [4.78, 5) is 16.3. The van der Waals surface area contributed by atoms with E-state index in [-0.39, 0.29) is 23.7 Å². The highest BCUT2D eigenvalue weighted by Gasteiger charge is 2.12. The van der Waals surface area contributed by atoms with Crippen LogP contribution in [0.15, 0.2) is 60.8 Å². The first-order valence-corrected chi connectivity index (χ1v) is 8.09. The Morgan fingerprint density at radius 2 is 1.85 bits per heavy atom. The number of methoxy groups -OCH3 is 1. The summed E-state index contributed by atoms with van der Waals surface area (Å²) in [7, 11) is 1.48. The summed E-state index contributed by atoms with van der Waals surface area (Å²) in [6.07, 6.45) is 1.56. The molecule has 0 fully saturated rings. The Kier molecular flexibility index (Phi) is 5.51. The lowest BCUT2D eigenvalue weighted by Gasteiger charge is -2.09. The monoisotopic (exact) mass is 368 g/mol. The number of aromatic nitrogens is 1. The molecule has 1 heterocycles. The van der Waals surface area contributed by atoms with Crippen LogP contribution in [0, 0.1) is 5.82 Å². The van der Waals surface area contributed by atoms with E-state index in [1.807, 2.05) is 0 Å². The second-order valence-electron chi connectivity index (χ2n) is 5.63. The normalized spacial score (nSPS) is 10.3. The minimum Gasteiger partial charge on any atom is -0.507 e. The van der Waals surface area contributed by atoms with E-state index >= 15 is 0 Å². The fraction of sp³-hybridized carbons (Fsp3) is 0.100. The first-order chi connectivity index (χ1) is 13.0. The summed E-state index contributed by atoms with van der Waals surface area (Å²) < 4.78 is 23.4. The summed E-state index contributed by atoms with van der Waals surface area (Å²) in [5.74, 6) is 0.369. The lowest BCUT2D eigenvalue weighted by molar-refractivity contribution is 0.0948. The quantitative estimate of drug-likeness (QED) is 0.694. The molecular formula is C20H17FN2O4. The Balaban J connectivity index is 1.58. The third-order valence-electron chi connectivity index (χ3n) is 3.74. The van der Waals surface area contributed by atoms with E-state index < -0.39 is 5.91 Å². The van der Waals surface area contributed by atoms with Gasteiger partial charge in [-0.2, -0.15) is 0 Å². The van der Waals surface area contributed by atoms with Gasteiger partial charge in [-0.1, -0.05) is 6.07 Å². The van der Waals surface area contributed by atoms with Crippen molar-refractivity contribution in [1.82, 2.24) is 10.3 Å². The van der Waals surface area contributed by atoms with Crippen LogP contribution < -0.4 is 14.8 Å². The van der Waals surface area contributed by atoms with Gasteiger partial charge in [0.2, 0.25) is 5.88 Å². The highest BCUT2D eigenvalue weighted by molar-refractivity contribution is 5.96. The van der Waals surface area contributed by atoms with E-state index in [0.29, 0.717) is 17.4 Å². The lowest BCUT2D eigenvalue weighted by atomic mass is 10.1. The number of hydrogen-bond donors (Lipinski definition) is 2. The minimum absolute atomic E-state index is 0.153. The zero-order valence-corrected chi connectivity index (χ0v) is 14.5. The van der Waals surface area contributed by atoms with Crippen LogP contribution in [0.25, 0.3) is 0 Å². The lowest BCUT2D eigenvalue weighted by Crippen LogP contribution is -2.22. The van der Waals surface area contributed by atoms with Crippen LogP contribution in [0.3, 0.4) is 0 Å². The molecule has 27 heavy (non-hydrogen) atoms. The maximum absolute atomic E-state index is 12.9. The number of hydrogen-bond acceptors (Lipinski definition) is 5. The molecule has 3 aromatic rings. The Morgan fingerprint density at radius 1 is 1.11 bits per heavy atom. The van der Waals surface area contributed by atoms with E-state index in [1.165, 1.54) is 43.5 Å². The molecule has 0 aliphatic heterocycles. The fourth-order valence-corrected chi connectivity index (χ4v) is 2.31. The van der Waals surface area contributed by atoms with Crippen molar-refractivity contribution in [3.8, 4) is 23.1 Å². The second kappa shape index (κ2) is 8.18. The largest absolute Gasteiger partial charge is 0.507 e. The number of nitrogens with one attached hydrogen (secondary N) is 1. The Bertz CT molecular complexity index is 928. The average molecular weight is 368 g/mol. The van der Waals surface area contributed by atoms with Gasteiger partial charge in [-0.25, -0.2) is 9.37 Å².